The number of nitrogens with zero attached hydrogens (tertiary/aromatic N) is 3. The van der Waals surface area contributed by atoms with Crippen LogP contribution < -0.4 is 4.90 Å². The maximum Gasteiger partial charge on any atom is 0.232 e. The molecule has 2 saturated heterocycles. The topological polar surface area (TPSA) is 53.5 Å². The lowest BCUT2D eigenvalue weighted by atomic mass is 10.0. The molecule has 2 amide bonds. The molecule has 0 radical (unpaired) electrons. The normalized spacial score (nSPS) is 28.1. The fraction of sp³-hybridized carbons (Fsp3) is 0.562. The first-order valence-electron chi connectivity index (χ1n) is 7.71. The van der Waals surface area contributed by atoms with Gasteiger partial charge >= 0.3 is 0 Å². The summed E-state index contributed by atoms with van der Waals surface area (Å²) in [6, 6.07) is 3.77. The van der Waals surface area contributed by atoms with E-state index in [1.165, 1.54) is 12.8 Å². The van der Waals surface area contributed by atoms with E-state index in [9.17, 15) is 9.59 Å². The van der Waals surface area contributed by atoms with Crippen LogP contribution >= 0.6 is 0 Å². The first kappa shape index (κ1) is 12.8. The maximum absolute atomic E-state index is 12.6. The van der Waals surface area contributed by atoms with E-state index in [-0.39, 0.29) is 23.7 Å². The molecule has 1 aromatic rings. The van der Waals surface area contributed by atoms with Crippen molar-refractivity contribution in [3.05, 3.63) is 24.5 Å². The number of aromatic nitrogens is 1. The second-order valence-corrected chi connectivity index (χ2v) is 6.47. The number of rotatable bonds is 3. The maximum atomic E-state index is 12.6. The smallest absolute Gasteiger partial charge is 0.232 e. The van der Waals surface area contributed by atoms with Gasteiger partial charge < -0.3 is 9.80 Å². The van der Waals surface area contributed by atoms with Crippen LogP contribution in [-0.4, -0.2) is 41.3 Å². The summed E-state index contributed by atoms with van der Waals surface area (Å²) in [6.45, 7) is 2.05. The van der Waals surface area contributed by atoms with Gasteiger partial charge in [0.2, 0.25) is 11.8 Å². The zero-order valence-electron chi connectivity index (χ0n) is 11.9. The Balaban J connectivity index is 1.43. The number of likely N-dealkylation sites (tertiary alicyclic amines) is 1. The molecule has 0 spiro atoms. The highest BCUT2D eigenvalue weighted by Crippen LogP contribution is 2.37. The van der Waals surface area contributed by atoms with Crippen LogP contribution in [0.4, 0.5) is 5.69 Å². The van der Waals surface area contributed by atoms with Gasteiger partial charge in [0.25, 0.3) is 0 Å². The van der Waals surface area contributed by atoms with Crippen molar-refractivity contribution in [2.45, 2.75) is 19.3 Å². The molecule has 21 heavy (non-hydrogen) atoms. The fourth-order valence-electron chi connectivity index (χ4n) is 3.51. The van der Waals surface area contributed by atoms with Crippen LogP contribution in [0.15, 0.2) is 24.5 Å². The minimum atomic E-state index is -0.0200. The van der Waals surface area contributed by atoms with E-state index in [1.54, 1.807) is 12.4 Å². The van der Waals surface area contributed by atoms with E-state index in [4.69, 9.17) is 0 Å². The van der Waals surface area contributed by atoms with Gasteiger partial charge in [-0.05, 0) is 30.9 Å². The van der Waals surface area contributed by atoms with Gasteiger partial charge in [0.05, 0.1) is 17.8 Å². The molecular weight excluding hydrogens is 266 g/mol. The van der Waals surface area contributed by atoms with Crippen LogP contribution in [0.3, 0.4) is 0 Å². The summed E-state index contributed by atoms with van der Waals surface area (Å²) >= 11 is 0. The molecule has 0 unspecified atom stereocenters. The third-order valence-electron chi connectivity index (χ3n) is 4.91. The van der Waals surface area contributed by atoms with Gasteiger partial charge in [0, 0.05) is 38.2 Å². The third kappa shape index (κ3) is 2.30. The Kier molecular flexibility index (Phi) is 2.94. The van der Waals surface area contributed by atoms with Gasteiger partial charge in [-0.2, -0.15) is 0 Å². The standard InChI is InChI=1S/C16H19N3O2/c20-15(6-11-3-4-11)18-8-12-9-19(16(21)14(12)10-18)13-2-1-5-17-7-13/h1-2,5,7,11-12,14H,3-4,6,8-10H2/t12-,14-/m0/s1. The number of anilines is 1. The highest BCUT2D eigenvalue weighted by atomic mass is 16.2. The predicted molar refractivity (Wildman–Crippen MR) is 77.5 cm³/mol. The number of amides is 2. The molecule has 3 fully saturated rings. The Bertz CT molecular complexity index is 570. The predicted octanol–water partition coefficient (Wildman–Crippen LogP) is 1.30. The van der Waals surface area contributed by atoms with Crippen molar-refractivity contribution in [1.29, 1.82) is 0 Å². The first-order chi connectivity index (χ1) is 10.2. The zero-order chi connectivity index (χ0) is 14.4. The molecule has 0 aromatic carbocycles. The molecule has 0 bridgehead atoms. The first-order valence-corrected chi connectivity index (χ1v) is 7.71. The van der Waals surface area contributed by atoms with E-state index in [0.717, 1.165) is 12.2 Å². The Hall–Kier alpha value is -1.91. The van der Waals surface area contributed by atoms with Crippen LogP contribution in [0.1, 0.15) is 19.3 Å². The lowest BCUT2D eigenvalue weighted by Gasteiger charge is -2.21. The quantitative estimate of drug-likeness (QED) is 0.841. The molecule has 1 saturated carbocycles. The Morgan fingerprint density at radius 1 is 1.29 bits per heavy atom. The summed E-state index contributed by atoms with van der Waals surface area (Å²) in [7, 11) is 0. The molecule has 2 atom stereocenters. The van der Waals surface area contributed by atoms with Gasteiger partial charge in [0.1, 0.15) is 0 Å². The number of carbonyl (C=O) groups excluding carboxylic acids is 2. The second kappa shape index (κ2) is 4.83. The van der Waals surface area contributed by atoms with E-state index in [0.29, 0.717) is 25.4 Å². The molecule has 2 aliphatic heterocycles. The minimum absolute atomic E-state index is 0.0200. The number of fused-ring (bicyclic) bond motifs is 1. The zero-order valence-corrected chi connectivity index (χ0v) is 11.9. The molecule has 1 aliphatic carbocycles. The molecule has 4 rings (SSSR count). The highest BCUT2D eigenvalue weighted by Gasteiger charge is 2.48. The highest BCUT2D eigenvalue weighted by molar-refractivity contribution is 5.98. The summed E-state index contributed by atoms with van der Waals surface area (Å²) in [6.07, 6.45) is 6.51. The minimum Gasteiger partial charge on any atom is -0.342 e. The van der Waals surface area contributed by atoms with Crippen LogP contribution in [0.25, 0.3) is 0 Å². The lowest BCUT2D eigenvalue weighted by Crippen LogP contribution is -2.35. The van der Waals surface area contributed by atoms with Crippen molar-refractivity contribution < 1.29 is 9.59 Å². The van der Waals surface area contributed by atoms with Crippen molar-refractivity contribution in [3.63, 3.8) is 0 Å². The summed E-state index contributed by atoms with van der Waals surface area (Å²) < 4.78 is 0. The number of carbonyl (C=O) groups is 2. The van der Waals surface area contributed by atoms with Crippen molar-refractivity contribution >= 4 is 17.5 Å². The second-order valence-electron chi connectivity index (χ2n) is 6.47. The van der Waals surface area contributed by atoms with Crippen LogP contribution in [0.5, 0.6) is 0 Å². The number of pyridine rings is 1. The number of hydrogen-bond acceptors (Lipinski definition) is 3. The Morgan fingerprint density at radius 2 is 2.14 bits per heavy atom. The van der Waals surface area contributed by atoms with E-state index < -0.39 is 0 Å². The molecular formula is C16H19N3O2. The summed E-state index contributed by atoms with van der Waals surface area (Å²) in [4.78, 5) is 32.5. The molecule has 3 aliphatic rings. The molecule has 3 heterocycles. The SMILES string of the molecule is O=C(CC1CC1)N1C[C@H]2CN(c3cccnc3)C(=O)[C@H]2C1. The summed E-state index contributed by atoms with van der Waals surface area (Å²) in [5.74, 6) is 1.26. The molecule has 110 valence electrons. The van der Waals surface area contributed by atoms with Gasteiger partial charge in [-0.1, -0.05) is 0 Å². The average molecular weight is 285 g/mol. The van der Waals surface area contributed by atoms with E-state index >= 15 is 0 Å². The third-order valence-corrected chi connectivity index (χ3v) is 4.91. The van der Waals surface area contributed by atoms with Gasteiger partial charge in [-0.25, -0.2) is 0 Å². The van der Waals surface area contributed by atoms with E-state index in [1.807, 2.05) is 21.9 Å². The van der Waals surface area contributed by atoms with Gasteiger partial charge in [-0.15, -0.1) is 0 Å². The Morgan fingerprint density at radius 3 is 2.81 bits per heavy atom. The monoisotopic (exact) mass is 285 g/mol. The van der Waals surface area contributed by atoms with Crippen molar-refractivity contribution in [2.24, 2.45) is 17.8 Å². The summed E-state index contributed by atoms with van der Waals surface area (Å²) in [5.41, 5.74) is 0.868. The largest absolute Gasteiger partial charge is 0.342 e. The molecule has 5 heteroatoms. The fourth-order valence-corrected chi connectivity index (χ4v) is 3.51. The average Bonchev–Trinajstić information content (AvgIpc) is 3.12. The van der Waals surface area contributed by atoms with Gasteiger partial charge in [-0.3, -0.25) is 14.6 Å². The molecule has 5 nitrogen and oxygen atoms in total. The molecule has 0 N–H and O–H groups in total. The van der Waals surface area contributed by atoms with Crippen LogP contribution in [0, 0.1) is 17.8 Å². The lowest BCUT2D eigenvalue weighted by molar-refractivity contribution is -0.131. The van der Waals surface area contributed by atoms with E-state index in [2.05, 4.69) is 4.98 Å². The Labute approximate surface area is 123 Å². The van der Waals surface area contributed by atoms with Crippen LogP contribution in [-0.2, 0) is 9.59 Å². The summed E-state index contributed by atoms with van der Waals surface area (Å²) in [5, 5.41) is 0. The number of hydrogen-bond donors (Lipinski definition) is 0. The molecule has 1 aromatic heterocycles. The van der Waals surface area contributed by atoms with Crippen molar-refractivity contribution in [3.8, 4) is 0 Å². The van der Waals surface area contributed by atoms with Gasteiger partial charge in [0.15, 0.2) is 0 Å². The van der Waals surface area contributed by atoms with Crippen molar-refractivity contribution in [1.82, 2.24) is 9.88 Å². The van der Waals surface area contributed by atoms with Crippen molar-refractivity contribution in [2.75, 3.05) is 24.5 Å². The van der Waals surface area contributed by atoms with Crippen LogP contribution in [0.2, 0.25) is 0 Å².